The Morgan fingerprint density at radius 2 is 2.00 bits per heavy atom. The fourth-order valence-corrected chi connectivity index (χ4v) is 2.35. The van der Waals surface area contributed by atoms with Crippen LogP contribution in [0.15, 0.2) is 0 Å². The third kappa shape index (κ3) is 1.59. The molecule has 2 fully saturated rings. The van der Waals surface area contributed by atoms with Crippen LogP contribution in [0.4, 0.5) is 0 Å². The molecule has 1 saturated heterocycles. The van der Waals surface area contributed by atoms with Crippen molar-refractivity contribution in [1.82, 2.24) is 4.90 Å². The molecule has 0 aromatic rings. The first-order valence-corrected chi connectivity index (χ1v) is 5.38. The second kappa shape index (κ2) is 3.00. The number of likely N-dealkylation sites (tertiary alicyclic amines) is 1. The molecule has 13 heavy (non-hydrogen) atoms. The first-order chi connectivity index (χ1) is 6.09. The van der Waals surface area contributed by atoms with Crippen molar-refractivity contribution >= 4 is 5.91 Å². The fraction of sp³-hybridized carbons (Fsp3) is 0.909. The zero-order valence-corrected chi connectivity index (χ0v) is 8.79. The highest BCUT2D eigenvalue weighted by Crippen LogP contribution is 2.45. The van der Waals surface area contributed by atoms with Crippen molar-refractivity contribution in [2.45, 2.75) is 27.2 Å². The molecule has 2 rings (SSSR count). The largest absolute Gasteiger partial charge is 0.342 e. The van der Waals surface area contributed by atoms with Gasteiger partial charge in [0.15, 0.2) is 0 Å². The van der Waals surface area contributed by atoms with Gasteiger partial charge in [0.2, 0.25) is 5.91 Å². The van der Waals surface area contributed by atoms with E-state index in [0.717, 1.165) is 25.4 Å². The van der Waals surface area contributed by atoms with Crippen LogP contribution in [-0.2, 0) is 4.79 Å². The molecule has 0 aromatic heterocycles. The van der Waals surface area contributed by atoms with E-state index in [4.69, 9.17) is 0 Å². The topological polar surface area (TPSA) is 20.3 Å². The summed E-state index contributed by atoms with van der Waals surface area (Å²) in [6.07, 6.45) is 1.14. The summed E-state index contributed by atoms with van der Waals surface area (Å²) in [5.74, 6) is 2.92. The third-order valence-electron chi connectivity index (χ3n) is 3.39. The number of hydrogen-bond donors (Lipinski definition) is 0. The first-order valence-electron chi connectivity index (χ1n) is 5.38. The summed E-state index contributed by atoms with van der Waals surface area (Å²) in [6, 6.07) is 0. The van der Waals surface area contributed by atoms with Gasteiger partial charge >= 0.3 is 0 Å². The van der Waals surface area contributed by atoms with Crippen molar-refractivity contribution in [2.24, 2.45) is 23.7 Å². The first kappa shape index (κ1) is 9.04. The molecule has 1 amide bonds. The van der Waals surface area contributed by atoms with Gasteiger partial charge in [0.1, 0.15) is 0 Å². The summed E-state index contributed by atoms with van der Waals surface area (Å²) in [4.78, 5) is 13.8. The zero-order chi connectivity index (χ0) is 9.59. The molecule has 2 atom stereocenters. The Balaban J connectivity index is 1.80. The van der Waals surface area contributed by atoms with E-state index in [2.05, 4.69) is 20.8 Å². The molecule has 2 aliphatic rings. The van der Waals surface area contributed by atoms with Crippen LogP contribution in [0, 0.1) is 23.7 Å². The highest BCUT2D eigenvalue weighted by atomic mass is 16.2. The van der Waals surface area contributed by atoms with E-state index in [1.54, 1.807) is 0 Å². The molecule has 0 N–H and O–H groups in total. The summed E-state index contributed by atoms with van der Waals surface area (Å²) in [7, 11) is 0. The quantitative estimate of drug-likeness (QED) is 0.635. The molecule has 1 aliphatic heterocycles. The Morgan fingerprint density at radius 3 is 2.38 bits per heavy atom. The molecule has 1 heterocycles. The average molecular weight is 181 g/mol. The van der Waals surface area contributed by atoms with Crippen molar-refractivity contribution in [3.63, 3.8) is 0 Å². The molecule has 0 aromatic carbocycles. The lowest BCUT2D eigenvalue weighted by molar-refractivity contribution is -0.139. The maximum absolute atomic E-state index is 11.8. The van der Waals surface area contributed by atoms with Gasteiger partial charge in [0.05, 0.1) is 0 Å². The molecule has 2 heteroatoms. The van der Waals surface area contributed by atoms with E-state index in [1.165, 1.54) is 0 Å². The molecule has 1 saturated carbocycles. The predicted molar refractivity (Wildman–Crippen MR) is 52.2 cm³/mol. The van der Waals surface area contributed by atoms with Crippen LogP contribution in [0.5, 0.6) is 0 Å². The molecule has 2 nitrogen and oxygen atoms in total. The summed E-state index contributed by atoms with van der Waals surface area (Å²) >= 11 is 0. The molecular weight excluding hydrogens is 162 g/mol. The smallest absolute Gasteiger partial charge is 0.226 e. The maximum atomic E-state index is 11.8. The lowest BCUT2D eigenvalue weighted by Crippen LogP contribution is -2.49. The monoisotopic (exact) mass is 181 g/mol. The Hall–Kier alpha value is -0.530. The Labute approximate surface area is 80.3 Å². The summed E-state index contributed by atoms with van der Waals surface area (Å²) in [5, 5.41) is 0. The van der Waals surface area contributed by atoms with Gasteiger partial charge in [-0.1, -0.05) is 20.8 Å². The van der Waals surface area contributed by atoms with Crippen molar-refractivity contribution in [2.75, 3.05) is 13.1 Å². The van der Waals surface area contributed by atoms with Gasteiger partial charge in [0.25, 0.3) is 0 Å². The normalized spacial score (nSPS) is 33.4. The Bertz CT molecular complexity index is 218. The van der Waals surface area contributed by atoms with Crippen LogP contribution in [-0.4, -0.2) is 23.9 Å². The van der Waals surface area contributed by atoms with Crippen molar-refractivity contribution in [3.05, 3.63) is 0 Å². The molecule has 0 spiro atoms. The number of nitrogens with zero attached hydrogens (tertiary/aromatic N) is 1. The number of hydrogen-bond acceptors (Lipinski definition) is 1. The van der Waals surface area contributed by atoms with E-state index >= 15 is 0 Å². The Morgan fingerprint density at radius 1 is 1.38 bits per heavy atom. The lowest BCUT2D eigenvalue weighted by atomic mass is 10.0. The molecule has 1 aliphatic carbocycles. The van der Waals surface area contributed by atoms with E-state index < -0.39 is 0 Å². The zero-order valence-electron chi connectivity index (χ0n) is 8.79. The highest BCUT2D eigenvalue weighted by Gasteiger charge is 2.47. The highest BCUT2D eigenvalue weighted by molar-refractivity contribution is 5.82. The standard InChI is InChI=1S/C11H19NO/c1-7(2)9-4-10(9)11(13)12-5-8(3)6-12/h7-10H,4-6H2,1-3H3. The van der Waals surface area contributed by atoms with Crippen LogP contribution in [0.25, 0.3) is 0 Å². The van der Waals surface area contributed by atoms with Crippen molar-refractivity contribution < 1.29 is 4.79 Å². The van der Waals surface area contributed by atoms with Crippen LogP contribution >= 0.6 is 0 Å². The van der Waals surface area contributed by atoms with E-state index in [0.29, 0.717) is 23.7 Å². The summed E-state index contributed by atoms with van der Waals surface area (Å²) in [5.41, 5.74) is 0. The van der Waals surface area contributed by atoms with E-state index in [9.17, 15) is 4.79 Å². The minimum Gasteiger partial charge on any atom is -0.342 e. The van der Waals surface area contributed by atoms with Gasteiger partial charge in [-0.25, -0.2) is 0 Å². The van der Waals surface area contributed by atoms with Gasteiger partial charge in [-0.3, -0.25) is 4.79 Å². The van der Waals surface area contributed by atoms with Gasteiger partial charge in [-0.15, -0.1) is 0 Å². The Kier molecular flexibility index (Phi) is 2.09. The van der Waals surface area contributed by atoms with Crippen LogP contribution < -0.4 is 0 Å². The van der Waals surface area contributed by atoms with Crippen LogP contribution in [0.2, 0.25) is 0 Å². The number of rotatable bonds is 2. The molecule has 74 valence electrons. The van der Waals surface area contributed by atoms with E-state index in [1.807, 2.05) is 4.90 Å². The van der Waals surface area contributed by atoms with Crippen molar-refractivity contribution in [3.8, 4) is 0 Å². The van der Waals surface area contributed by atoms with Gasteiger partial charge in [-0.2, -0.15) is 0 Å². The fourth-order valence-electron chi connectivity index (χ4n) is 2.35. The summed E-state index contributed by atoms with van der Waals surface area (Å²) < 4.78 is 0. The number of amides is 1. The molecular formula is C11H19NO. The maximum Gasteiger partial charge on any atom is 0.226 e. The minimum absolute atomic E-state index is 0.382. The van der Waals surface area contributed by atoms with Crippen LogP contribution in [0.1, 0.15) is 27.2 Å². The van der Waals surface area contributed by atoms with Gasteiger partial charge < -0.3 is 4.90 Å². The van der Waals surface area contributed by atoms with Gasteiger partial charge in [0, 0.05) is 19.0 Å². The second-order valence-corrected chi connectivity index (χ2v) is 5.10. The van der Waals surface area contributed by atoms with Gasteiger partial charge in [-0.05, 0) is 24.2 Å². The average Bonchev–Trinajstić information content (AvgIpc) is 2.76. The minimum atomic E-state index is 0.382. The number of carbonyl (C=O) groups is 1. The molecule has 0 bridgehead atoms. The molecule has 0 radical (unpaired) electrons. The summed E-state index contributed by atoms with van der Waals surface area (Å²) in [6.45, 7) is 8.64. The third-order valence-corrected chi connectivity index (χ3v) is 3.39. The molecule has 2 unspecified atom stereocenters. The van der Waals surface area contributed by atoms with Crippen molar-refractivity contribution in [1.29, 1.82) is 0 Å². The van der Waals surface area contributed by atoms with E-state index in [-0.39, 0.29) is 0 Å². The number of carbonyl (C=O) groups excluding carboxylic acids is 1. The SMILES string of the molecule is CC1CN(C(=O)C2CC2C(C)C)C1. The predicted octanol–water partition coefficient (Wildman–Crippen LogP) is 1.76. The van der Waals surface area contributed by atoms with Crippen LogP contribution in [0.3, 0.4) is 0 Å². The second-order valence-electron chi connectivity index (χ2n) is 5.10. The lowest BCUT2D eigenvalue weighted by Gasteiger charge is -2.37.